The number of nitrogens with two attached hydrogens (primary N) is 1. The van der Waals surface area contributed by atoms with Gasteiger partial charge in [-0.2, -0.15) is 0 Å². The molecule has 0 heterocycles. The maximum Gasteiger partial charge on any atom is 0.0543 e. The average Bonchev–Trinajstić information content (AvgIpc) is 2.36. The lowest BCUT2D eigenvalue weighted by atomic mass is 10.0. The Morgan fingerprint density at radius 2 is 1.94 bits per heavy atom. The van der Waals surface area contributed by atoms with E-state index in [0.717, 1.165) is 23.7 Å². The summed E-state index contributed by atoms with van der Waals surface area (Å²) in [7, 11) is 1.74. The van der Waals surface area contributed by atoms with Gasteiger partial charge in [-0.3, -0.25) is 11.3 Å². The molecule has 17 heavy (non-hydrogen) atoms. The fourth-order valence-corrected chi connectivity index (χ4v) is 1.97. The lowest BCUT2D eigenvalue weighted by molar-refractivity contribution is 0.106. The summed E-state index contributed by atoms with van der Waals surface area (Å²) >= 11 is 3.43. The first-order valence-electron chi connectivity index (χ1n) is 5.89. The summed E-state index contributed by atoms with van der Waals surface area (Å²) in [6.45, 7) is 2.08. The molecule has 0 aliphatic heterocycles. The Kier molecular flexibility index (Phi) is 6.73. The molecule has 0 amide bonds. The van der Waals surface area contributed by atoms with Gasteiger partial charge in [0.05, 0.1) is 6.10 Å². The van der Waals surface area contributed by atoms with Crippen LogP contribution in [0.5, 0.6) is 0 Å². The molecule has 0 saturated heterocycles. The summed E-state index contributed by atoms with van der Waals surface area (Å²) in [5.74, 6) is 5.58. The molecule has 1 rings (SSSR count). The van der Waals surface area contributed by atoms with E-state index in [9.17, 15) is 0 Å². The van der Waals surface area contributed by atoms with Gasteiger partial charge in [0.25, 0.3) is 0 Å². The highest BCUT2D eigenvalue weighted by molar-refractivity contribution is 9.10. The summed E-state index contributed by atoms with van der Waals surface area (Å²) in [6.07, 6.45) is 3.26. The molecule has 96 valence electrons. The summed E-state index contributed by atoms with van der Waals surface area (Å²) in [4.78, 5) is 0. The fourth-order valence-electron chi connectivity index (χ4n) is 1.70. The van der Waals surface area contributed by atoms with Crippen LogP contribution in [0.1, 0.15) is 25.3 Å². The Morgan fingerprint density at radius 3 is 2.47 bits per heavy atom. The van der Waals surface area contributed by atoms with Crippen LogP contribution in [0.15, 0.2) is 28.7 Å². The first-order chi connectivity index (χ1) is 8.15. The lowest BCUT2D eigenvalue weighted by Crippen LogP contribution is -2.37. The van der Waals surface area contributed by atoms with E-state index in [2.05, 4.69) is 52.5 Å². The van der Waals surface area contributed by atoms with Crippen molar-refractivity contribution in [2.75, 3.05) is 7.11 Å². The van der Waals surface area contributed by atoms with Gasteiger partial charge in [-0.25, -0.2) is 0 Å². The van der Waals surface area contributed by atoms with E-state index in [1.165, 1.54) is 5.56 Å². The maximum atomic E-state index is 5.58. The van der Waals surface area contributed by atoms with Gasteiger partial charge in [-0.1, -0.05) is 28.1 Å². The molecule has 1 aromatic rings. The summed E-state index contributed by atoms with van der Waals surface area (Å²) < 4.78 is 6.34. The van der Waals surface area contributed by atoms with Crippen LogP contribution in [-0.4, -0.2) is 19.3 Å². The maximum absolute atomic E-state index is 5.58. The van der Waals surface area contributed by atoms with Crippen molar-refractivity contribution in [2.45, 2.75) is 38.3 Å². The minimum atomic E-state index is 0.288. The van der Waals surface area contributed by atoms with Crippen molar-refractivity contribution in [2.24, 2.45) is 5.84 Å². The molecule has 0 radical (unpaired) electrons. The number of hydrazine groups is 1. The Hall–Kier alpha value is -0.420. The molecule has 3 nitrogen and oxygen atoms in total. The number of halogens is 1. The second-order valence-electron chi connectivity index (χ2n) is 4.32. The van der Waals surface area contributed by atoms with Crippen LogP contribution >= 0.6 is 15.9 Å². The van der Waals surface area contributed by atoms with E-state index in [0.29, 0.717) is 6.04 Å². The minimum absolute atomic E-state index is 0.288. The second-order valence-corrected chi connectivity index (χ2v) is 5.23. The Balaban J connectivity index is 2.43. The molecule has 2 unspecified atom stereocenters. The van der Waals surface area contributed by atoms with Crippen LogP contribution in [0.2, 0.25) is 0 Å². The van der Waals surface area contributed by atoms with E-state index >= 15 is 0 Å². The number of hydrogen-bond acceptors (Lipinski definition) is 3. The fraction of sp³-hybridized carbons (Fsp3) is 0.538. The summed E-state index contributed by atoms with van der Waals surface area (Å²) in [5.41, 5.74) is 4.17. The van der Waals surface area contributed by atoms with Gasteiger partial charge in [0.2, 0.25) is 0 Å². The third kappa shape index (κ3) is 5.64. The Labute approximate surface area is 112 Å². The van der Waals surface area contributed by atoms with Gasteiger partial charge in [0.15, 0.2) is 0 Å². The molecule has 2 atom stereocenters. The molecule has 1 aromatic carbocycles. The molecule has 4 heteroatoms. The molecule has 0 spiro atoms. The van der Waals surface area contributed by atoms with Gasteiger partial charge in [0, 0.05) is 17.6 Å². The molecule has 0 fully saturated rings. The number of hydrogen-bond donors (Lipinski definition) is 2. The average molecular weight is 301 g/mol. The third-order valence-corrected chi connectivity index (χ3v) is 3.48. The van der Waals surface area contributed by atoms with Gasteiger partial charge in [0.1, 0.15) is 0 Å². The Bertz CT molecular complexity index is 316. The molecule has 0 aliphatic rings. The number of nitrogens with one attached hydrogen (secondary N) is 1. The number of benzene rings is 1. The molecule has 0 saturated carbocycles. The van der Waals surface area contributed by atoms with Crippen LogP contribution in [0.4, 0.5) is 0 Å². The summed E-state index contributed by atoms with van der Waals surface area (Å²) in [5, 5.41) is 0. The second kappa shape index (κ2) is 7.82. The van der Waals surface area contributed by atoms with E-state index in [1.54, 1.807) is 7.11 Å². The van der Waals surface area contributed by atoms with Gasteiger partial charge in [-0.05, 0) is 43.9 Å². The van der Waals surface area contributed by atoms with Crippen molar-refractivity contribution < 1.29 is 4.74 Å². The lowest BCUT2D eigenvalue weighted by Gasteiger charge is -2.18. The Morgan fingerprint density at radius 1 is 1.29 bits per heavy atom. The smallest absolute Gasteiger partial charge is 0.0543 e. The van der Waals surface area contributed by atoms with E-state index in [-0.39, 0.29) is 6.10 Å². The molecular weight excluding hydrogens is 280 g/mol. The van der Waals surface area contributed by atoms with E-state index < -0.39 is 0 Å². The van der Waals surface area contributed by atoms with Crippen molar-refractivity contribution >= 4 is 15.9 Å². The zero-order valence-corrected chi connectivity index (χ0v) is 12.0. The standard InChI is InChI=1S/C13H21BrN2O/c1-10(17-2)3-8-13(16-15)9-11-4-6-12(14)7-5-11/h4-7,10,13,16H,3,8-9,15H2,1-2H3. The zero-order chi connectivity index (χ0) is 12.7. The molecule has 0 aromatic heterocycles. The van der Waals surface area contributed by atoms with E-state index in [1.807, 2.05) is 0 Å². The van der Waals surface area contributed by atoms with Crippen LogP contribution in [0.25, 0.3) is 0 Å². The molecule has 0 aliphatic carbocycles. The third-order valence-electron chi connectivity index (χ3n) is 2.96. The van der Waals surface area contributed by atoms with Crippen LogP contribution < -0.4 is 11.3 Å². The molecular formula is C13H21BrN2O. The van der Waals surface area contributed by atoms with Gasteiger partial charge >= 0.3 is 0 Å². The summed E-state index contributed by atoms with van der Waals surface area (Å²) in [6, 6.07) is 8.65. The van der Waals surface area contributed by atoms with Gasteiger partial charge in [-0.15, -0.1) is 0 Å². The topological polar surface area (TPSA) is 47.3 Å². The zero-order valence-electron chi connectivity index (χ0n) is 10.4. The predicted molar refractivity (Wildman–Crippen MR) is 74.7 cm³/mol. The monoisotopic (exact) mass is 300 g/mol. The normalized spacial score (nSPS) is 14.6. The van der Waals surface area contributed by atoms with E-state index in [4.69, 9.17) is 10.6 Å². The van der Waals surface area contributed by atoms with Crippen LogP contribution in [0.3, 0.4) is 0 Å². The highest BCUT2D eigenvalue weighted by atomic mass is 79.9. The van der Waals surface area contributed by atoms with Crippen molar-refractivity contribution in [3.63, 3.8) is 0 Å². The van der Waals surface area contributed by atoms with Crippen molar-refractivity contribution in [1.29, 1.82) is 0 Å². The first-order valence-corrected chi connectivity index (χ1v) is 6.68. The number of rotatable bonds is 7. The number of ether oxygens (including phenoxy) is 1. The highest BCUT2D eigenvalue weighted by Crippen LogP contribution is 2.14. The van der Waals surface area contributed by atoms with Crippen molar-refractivity contribution in [3.8, 4) is 0 Å². The quantitative estimate of drug-likeness (QED) is 0.601. The van der Waals surface area contributed by atoms with Crippen LogP contribution in [0, 0.1) is 0 Å². The van der Waals surface area contributed by atoms with Gasteiger partial charge < -0.3 is 4.74 Å². The molecule has 3 N–H and O–H groups in total. The van der Waals surface area contributed by atoms with Crippen molar-refractivity contribution in [1.82, 2.24) is 5.43 Å². The SMILES string of the molecule is COC(C)CCC(Cc1ccc(Br)cc1)NN. The van der Waals surface area contributed by atoms with Crippen LogP contribution in [-0.2, 0) is 11.2 Å². The highest BCUT2D eigenvalue weighted by Gasteiger charge is 2.10. The molecule has 0 bridgehead atoms. The largest absolute Gasteiger partial charge is 0.382 e. The number of methoxy groups -OCH3 is 1. The first kappa shape index (κ1) is 14.6. The predicted octanol–water partition coefficient (Wildman–Crippen LogP) is 2.64. The van der Waals surface area contributed by atoms with Crippen molar-refractivity contribution in [3.05, 3.63) is 34.3 Å². The minimum Gasteiger partial charge on any atom is -0.382 e.